The van der Waals surface area contributed by atoms with Crippen LogP contribution >= 0.6 is 0 Å². The van der Waals surface area contributed by atoms with Crippen molar-refractivity contribution in [2.24, 2.45) is 0 Å². The van der Waals surface area contributed by atoms with Crippen LogP contribution in [0, 0.1) is 27.7 Å². The zero-order valence-corrected chi connectivity index (χ0v) is 35.1. The topological polar surface area (TPSA) is 26.3 Å². The van der Waals surface area contributed by atoms with E-state index in [1.54, 1.807) is 0 Å². The van der Waals surface area contributed by atoms with E-state index in [4.69, 9.17) is 8.83 Å². The lowest BCUT2D eigenvalue weighted by atomic mass is 9.89. The van der Waals surface area contributed by atoms with Gasteiger partial charge in [0.25, 0.3) is 0 Å². The Morgan fingerprint density at radius 2 is 0.763 bits per heavy atom. The third-order valence-electron chi connectivity index (χ3n) is 12.4. The molecule has 0 amide bonds. The summed E-state index contributed by atoms with van der Waals surface area (Å²) in [6, 6.07) is 59.5. The first-order chi connectivity index (χ1) is 28.9. The molecule has 2 unspecified atom stereocenters. The third kappa shape index (κ3) is 6.90. The molecule has 0 fully saturated rings. The van der Waals surface area contributed by atoms with Crippen LogP contribution in [-0.2, 0) is 0 Å². The smallest absolute Gasteiger partial charge is 0.130 e. The maximum Gasteiger partial charge on any atom is 0.130 e. The van der Waals surface area contributed by atoms with E-state index in [1.165, 1.54) is 89.0 Å². The molecule has 2 aliphatic carbocycles. The van der Waals surface area contributed by atoms with Gasteiger partial charge >= 0.3 is 0 Å². The summed E-state index contributed by atoms with van der Waals surface area (Å²) < 4.78 is 12.8. The SMILES string of the molecule is Cc1ccc(C2=Cc3c(ccc(C)c3-c3ccc(-c4ccccc4)cc3)C2C[Si]CC2C(c3ccc(C)o3)=Cc3c2ccc(C)c3-c2ccc(-c3ccccc3)cc2)o1. The number of hydrogen-bond donors (Lipinski definition) is 0. The number of benzene rings is 6. The van der Waals surface area contributed by atoms with Crippen molar-refractivity contribution in [3.63, 3.8) is 0 Å². The lowest BCUT2D eigenvalue weighted by Gasteiger charge is -2.21. The van der Waals surface area contributed by atoms with Crippen molar-refractivity contribution in [1.29, 1.82) is 0 Å². The second-order valence-corrected chi connectivity index (χ2v) is 17.5. The lowest BCUT2D eigenvalue weighted by Crippen LogP contribution is -2.08. The lowest BCUT2D eigenvalue weighted by molar-refractivity contribution is 0.518. The summed E-state index contributed by atoms with van der Waals surface area (Å²) in [4.78, 5) is 0. The molecule has 6 aromatic carbocycles. The molecular formula is C56H46O2Si. The molecule has 286 valence electrons. The van der Waals surface area contributed by atoms with Gasteiger partial charge in [-0.05, 0) is 154 Å². The molecule has 0 aliphatic heterocycles. The number of aryl methyl sites for hydroxylation is 4. The van der Waals surface area contributed by atoms with Crippen molar-refractivity contribution in [2.75, 3.05) is 0 Å². The molecule has 0 spiro atoms. The zero-order valence-electron chi connectivity index (χ0n) is 34.1. The summed E-state index contributed by atoms with van der Waals surface area (Å²) in [6.07, 6.45) is 4.85. The van der Waals surface area contributed by atoms with E-state index in [0.717, 1.165) is 44.6 Å². The maximum absolute atomic E-state index is 6.39. The minimum atomic E-state index is 0.243. The Hall–Kier alpha value is -6.42. The fraction of sp³-hybridized carbons (Fsp3) is 0.143. The molecule has 2 atom stereocenters. The quantitative estimate of drug-likeness (QED) is 0.129. The van der Waals surface area contributed by atoms with Crippen LogP contribution in [0.15, 0.2) is 167 Å². The van der Waals surface area contributed by atoms with Gasteiger partial charge in [-0.3, -0.25) is 0 Å². The fourth-order valence-corrected chi connectivity index (χ4v) is 11.0. The summed E-state index contributed by atoms with van der Waals surface area (Å²) in [7, 11) is 0.720. The predicted octanol–water partition coefficient (Wildman–Crippen LogP) is 15.3. The van der Waals surface area contributed by atoms with Crippen LogP contribution < -0.4 is 0 Å². The average molecular weight is 779 g/mol. The van der Waals surface area contributed by atoms with Crippen LogP contribution in [0.4, 0.5) is 0 Å². The highest BCUT2D eigenvalue weighted by Gasteiger charge is 2.34. The van der Waals surface area contributed by atoms with Gasteiger partial charge in [-0.15, -0.1) is 0 Å². The van der Waals surface area contributed by atoms with Crippen molar-refractivity contribution in [1.82, 2.24) is 0 Å². The van der Waals surface area contributed by atoms with Crippen molar-refractivity contribution < 1.29 is 8.83 Å². The van der Waals surface area contributed by atoms with Crippen LogP contribution in [0.5, 0.6) is 0 Å². The van der Waals surface area contributed by atoms with E-state index in [1.807, 2.05) is 13.8 Å². The van der Waals surface area contributed by atoms with E-state index in [0.29, 0.717) is 0 Å². The Kier molecular flexibility index (Phi) is 9.62. The van der Waals surface area contributed by atoms with Crippen LogP contribution in [0.2, 0.25) is 12.1 Å². The first kappa shape index (κ1) is 36.9. The van der Waals surface area contributed by atoms with Crippen molar-refractivity contribution in [3.05, 3.63) is 214 Å². The van der Waals surface area contributed by atoms with Gasteiger partial charge in [-0.1, -0.05) is 133 Å². The highest BCUT2D eigenvalue weighted by Crippen LogP contribution is 2.51. The first-order valence-electron chi connectivity index (χ1n) is 20.8. The van der Waals surface area contributed by atoms with Crippen LogP contribution in [-0.4, -0.2) is 9.52 Å². The molecule has 2 aromatic heterocycles. The molecular weight excluding hydrogens is 733 g/mol. The minimum Gasteiger partial charge on any atom is -0.462 e. The van der Waals surface area contributed by atoms with Crippen molar-refractivity contribution >= 4 is 32.8 Å². The van der Waals surface area contributed by atoms with Crippen molar-refractivity contribution in [2.45, 2.75) is 51.6 Å². The Morgan fingerprint density at radius 3 is 1.14 bits per heavy atom. The molecule has 3 heteroatoms. The summed E-state index contributed by atoms with van der Waals surface area (Å²) in [5, 5.41) is 0. The molecule has 2 heterocycles. The molecule has 0 bridgehead atoms. The zero-order chi connectivity index (χ0) is 40.0. The number of hydrogen-bond acceptors (Lipinski definition) is 2. The van der Waals surface area contributed by atoms with E-state index >= 15 is 0 Å². The first-order valence-corrected chi connectivity index (χ1v) is 22.2. The van der Waals surface area contributed by atoms with Crippen LogP contribution in [0.1, 0.15) is 68.3 Å². The molecule has 0 saturated heterocycles. The third-order valence-corrected chi connectivity index (χ3v) is 13.8. The molecule has 2 nitrogen and oxygen atoms in total. The van der Waals surface area contributed by atoms with Crippen LogP contribution in [0.3, 0.4) is 0 Å². The Balaban J connectivity index is 0.979. The second kappa shape index (κ2) is 15.4. The second-order valence-electron chi connectivity index (χ2n) is 16.2. The van der Waals surface area contributed by atoms with Gasteiger partial charge in [0, 0.05) is 32.5 Å². The Morgan fingerprint density at radius 1 is 0.390 bits per heavy atom. The molecule has 8 aromatic rings. The van der Waals surface area contributed by atoms with Gasteiger partial charge in [-0.2, -0.15) is 0 Å². The predicted molar refractivity (Wildman–Crippen MR) is 248 cm³/mol. The molecule has 0 N–H and O–H groups in total. The highest BCUT2D eigenvalue weighted by atomic mass is 28.2. The number of furan rings is 2. The standard InChI is InChI=1S/C56H46O2Si/c1-35-15-27-45-49(55(35)43-23-19-41(20-24-43)39-11-7-5-8-12-39)31-47(53-29-17-37(3)57-53)51(45)33-59-34-52-46-28-16-36(2)56(50(46)32-48(52)54-30-18-38(4)58-54)44-25-21-42(22-26-44)40-13-9-6-10-14-40/h5-32,51-52H,33-34H2,1-4H3. The van der Waals surface area contributed by atoms with E-state index in [9.17, 15) is 0 Å². The minimum absolute atomic E-state index is 0.243. The molecule has 10 rings (SSSR count). The van der Waals surface area contributed by atoms with Gasteiger partial charge < -0.3 is 8.83 Å². The normalized spacial score (nSPS) is 15.5. The van der Waals surface area contributed by atoms with E-state index in [2.05, 4.69) is 184 Å². The monoisotopic (exact) mass is 778 g/mol. The van der Waals surface area contributed by atoms with Gasteiger partial charge in [0.1, 0.15) is 23.0 Å². The van der Waals surface area contributed by atoms with Gasteiger partial charge in [0.2, 0.25) is 0 Å². The Labute approximate surface area is 350 Å². The van der Waals surface area contributed by atoms with Gasteiger partial charge in [0.15, 0.2) is 0 Å². The Bertz CT molecular complexity index is 2670. The van der Waals surface area contributed by atoms with E-state index in [-0.39, 0.29) is 11.8 Å². The average Bonchev–Trinajstić information content (AvgIpc) is 4.07. The summed E-state index contributed by atoms with van der Waals surface area (Å²) >= 11 is 0. The molecule has 0 saturated carbocycles. The van der Waals surface area contributed by atoms with Gasteiger partial charge in [0.05, 0.1) is 0 Å². The number of rotatable bonds is 10. The van der Waals surface area contributed by atoms with Crippen molar-refractivity contribution in [3.8, 4) is 44.5 Å². The van der Waals surface area contributed by atoms with Gasteiger partial charge in [-0.25, -0.2) is 0 Å². The molecule has 59 heavy (non-hydrogen) atoms. The number of allylic oxidation sites excluding steroid dienone is 2. The highest BCUT2D eigenvalue weighted by molar-refractivity contribution is 6.37. The molecule has 2 radical (unpaired) electrons. The number of fused-ring (bicyclic) bond motifs is 2. The van der Waals surface area contributed by atoms with E-state index < -0.39 is 0 Å². The summed E-state index contributed by atoms with van der Waals surface area (Å²) in [5.74, 6) is 4.33. The summed E-state index contributed by atoms with van der Waals surface area (Å²) in [6.45, 7) is 8.58. The maximum atomic E-state index is 6.39. The summed E-state index contributed by atoms with van der Waals surface area (Å²) in [5.41, 5.74) is 20.7. The molecule has 2 aliphatic rings. The fourth-order valence-electron chi connectivity index (χ4n) is 9.42. The largest absolute Gasteiger partial charge is 0.462 e. The van der Waals surface area contributed by atoms with Crippen LogP contribution in [0.25, 0.3) is 67.8 Å².